The van der Waals surface area contributed by atoms with Crippen LogP contribution in [0.1, 0.15) is 11.7 Å². The van der Waals surface area contributed by atoms with E-state index in [0.29, 0.717) is 0 Å². The number of aliphatic hydroxyl groups excluding tert-OH is 2. The Morgan fingerprint density at radius 3 is 2.27 bits per heavy atom. The van der Waals surface area contributed by atoms with Gasteiger partial charge in [0.1, 0.15) is 6.10 Å². The molecule has 6 N–H and O–H groups in total. The first-order valence-electron chi connectivity index (χ1n) is 4.28. The van der Waals surface area contributed by atoms with Crippen molar-refractivity contribution in [2.75, 3.05) is 12.3 Å². The Bertz CT molecular complexity index is 360. The van der Waals surface area contributed by atoms with Gasteiger partial charge in [0, 0.05) is 23.9 Å². The average Bonchev–Trinajstić information content (AvgIpc) is 2.21. The molecule has 0 radical (unpaired) electrons. The fourth-order valence-electron chi connectivity index (χ4n) is 1.17. The van der Waals surface area contributed by atoms with Crippen LogP contribution in [0.2, 0.25) is 0 Å². The van der Waals surface area contributed by atoms with Gasteiger partial charge in [-0.05, 0) is 6.07 Å². The maximum absolute atomic E-state index is 12.8. The van der Waals surface area contributed by atoms with Crippen molar-refractivity contribution in [2.45, 2.75) is 12.2 Å². The van der Waals surface area contributed by atoms with Crippen LogP contribution in [0, 0.1) is 11.6 Å². The summed E-state index contributed by atoms with van der Waals surface area (Å²) >= 11 is 0. The third-order valence-electron chi connectivity index (χ3n) is 2.05. The Balaban J connectivity index is 3.09. The van der Waals surface area contributed by atoms with E-state index in [1.54, 1.807) is 0 Å². The average molecular weight is 218 g/mol. The lowest BCUT2D eigenvalue weighted by Gasteiger charge is -2.18. The summed E-state index contributed by atoms with van der Waals surface area (Å²) in [4.78, 5) is 0. The molecule has 0 saturated heterocycles. The van der Waals surface area contributed by atoms with Crippen LogP contribution in [0.3, 0.4) is 0 Å². The molecule has 0 aliphatic rings. The van der Waals surface area contributed by atoms with Gasteiger partial charge < -0.3 is 21.7 Å². The van der Waals surface area contributed by atoms with E-state index >= 15 is 0 Å². The van der Waals surface area contributed by atoms with Gasteiger partial charge in [0.25, 0.3) is 0 Å². The van der Waals surface area contributed by atoms with Crippen LogP contribution in [0.4, 0.5) is 14.5 Å². The number of halogens is 2. The molecule has 84 valence electrons. The molecular formula is C9H12F2N2O2. The van der Waals surface area contributed by atoms with Crippen LogP contribution in [0.15, 0.2) is 12.1 Å². The predicted octanol–water partition coefficient (Wildman–Crippen LogP) is -0.1000. The number of rotatable bonds is 3. The normalized spacial score (nSPS) is 15.0. The van der Waals surface area contributed by atoms with Crippen LogP contribution in [-0.4, -0.2) is 22.9 Å². The third kappa shape index (κ3) is 2.41. The minimum absolute atomic E-state index is 0.0770. The zero-order chi connectivity index (χ0) is 11.6. The Hall–Kier alpha value is -1.24. The summed E-state index contributed by atoms with van der Waals surface area (Å²) in [6.45, 7) is -0.209. The molecular weight excluding hydrogens is 206 g/mol. The van der Waals surface area contributed by atoms with E-state index in [1.807, 2.05) is 0 Å². The standard InChI is InChI=1S/C9H12F2N2O2/c10-5-1-4(7(13)2-6(5)11)9(15)8(14)3-12/h1-2,8-9,14-15H,3,12-13H2. The molecule has 1 aromatic rings. The Kier molecular flexibility index (Phi) is 3.57. The van der Waals surface area contributed by atoms with Crippen LogP contribution in [0.5, 0.6) is 0 Å². The Morgan fingerprint density at radius 2 is 1.73 bits per heavy atom. The van der Waals surface area contributed by atoms with Gasteiger partial charge in [-0.1, -0.05) is 0 Å². The SMILES string of the molecule is NCC(O)C(O)c1cc(F)c(F)cc1N. The molecule has 0 saturated carbocycles. The van der Waals surface area contributed by atoms with E-state index < -0.39 is 23.8 Å². The summed E-state index contributed by atoms with van der Waals surface area (Å²) in [7, 11) is 0. The minimum Gasteiger partial charge on any atom is -0.398 e. The highest BCUT2D eigenvalue weighted by atomic mass is 19.2. The van der Waals surface area contributed by atoms with Gasteiger partial charge in [-0.15, -0.1) is 0 Å². The van der Waals surface area contributed by atoms with E-state index in [-0.39, 0.29) is 17.8 Å². The molecule has 1 rings (SSSR count). The van der Waals surface area contributed by atoms with Gasteiger partial charge in [0.2, 0.25) is 0 Å². The highest BCUT2D eigenvalue weighted by Gasteiger charge is 2.21. The maximum atomic E-state index is 12.8. The first-order valence-corrected chi connectivity index (χ1v) is 4.28. The lowest BCUT2D eigenvalue weighted by Crippen LogP contribution is -2.27. The van der Waals surface area contributed by atoms with Crippen molar-refractivity contribution in [1.29, 1.82) is 0 Å². The van der Waals surface area contributed by atoms with Crippen LogP contribution in [-0.2, 0) is 0 Å². The number of anilines is 1. The molecule has 0 aromatic heterocycles. The largest absolute Gasteiger partial charge is 0.398 e. The number of nitrogen functional groups attached to an aromatic ring is 1. The van der Waals surface area contributed by atoms with Gasteiger partial charge in [-0.25, -0.2) is 8.78 Å². The molecule has 0 spiro atoms. The van der Waals surface area contributed by atoms with Crippen LogP contribution >= 0.6 is 0 Å². The first kappa shape index (κ1) is 11.8. The Labute approximate surface area is 85.1 Å². The minimum atomic E-state index is -1.43. The van der Waals surface area contributed by atoms with E-state index in [4.69, 9.17) is 11.5 Å². The monoisotopic (exact) mass is 218 g/mol. The lowest BCUT2D eigenvalue weighted by molar-refractivity contribution is 0.0245. The number of nitrogens with two attached hydrogens (primary N) is 2. The van der Waals surface area contributed by atoms with Crippen molar-refractivity contribution < 1.29 is 19.0 Å². The second kappa shape index (κ2) is 4.52. The van der Waals surface area contributed by atoms with Gasteiger partial charge >= 0.3 is 0 Å². The smallest absolute Gasteiger partial charge is 0.160 e. The van der Waals surface area contributed by atoms with Gasteiger partial charge in [-0.3, -0.25) is 0 Å². The highest BCUT2D eigenvalue weighted by Crippen LogP contribution is 2.25. The topological polar surface area (TPSA) is 92.5 Å². The summed E-state index contributed by atoms with van der Waals surface area (Å²) in [5, 5.41) is 18.7. The number of benzene rings is 1. The molecule has 2 atom stereocenters. The van der Waals surface area contributed by atoms with E-state index in [9.17, 15) is 19.0 Å². The summed E-state index contributed by atoms with van der Waals surface area (Å²) in [5.74, 6) is -2.24. The van der Waals surface area contributed by atoms with E-state index in [2.05, 4.69) is 0 Å². The third-order valence-corrected chi connectivity index (χ3v) is 2.05. The highest BCUT2D eigenvalue weighted by molar-refractivity contribution is 5.48. The van der Waals surface area contributed by atoms with E-state index in [0.717, 1.165) is 12.1 Å². The molecule has 0 aliphatic heterocycles. The van der Waals surface area contributed by atoms with Crippen molar-refractivity contribution in [2.24, 2.45) is 5.73 Å². The number of hydrogen-bond donors (Lipinski definition) is 4. The van der Waals surface area contributed by atoms with Crippen molar-refractivity contribution in [3.8, 4) is 0 Å². The van der Waals surface area contributed by atoms with Gasteiger partial charge in [0.15, 0.2) is 11.6 Å². The molecule has 15 heavy (non-hydrogen) atoms. The molecule has 0 bridgehead atoms. The van der Waals surface area contributed by atoms with Crippen LogP contribution < -0.4 is 11.5 Å². The summed E-state index contributed by atoms with van der Waals surface area (Å²) < 4.78 is 25.5. The van der Waals surface area contributed by atoms with Crippen molar-refractivity contribution in [3.63, 3.8) is 0 Å². The maximum Gasteiger partial charge on any atom is 0.160 e. The summed E-state index contributed by atoms with van der Waals surface area (Å²) in [6.07, 6.45) is -2.69. The van der Waals surface area contributed by atoms with Gasteiger partial charge in [0.05, 0.1) is 6.10 Å². The molecule has 0 fully saturated rings. The van der Waals surface area contributed by atoms with Crippen molar-refractivity contribution >= 4 is 5.69 Å². The fraction of sp³-hybridized carbons (Fsp3) is 0.333. The van der Waals surface area contributed by atoms with E-state index in [1.165, 1.54) is 0 Å². The molecule has 1 aromatic carbocycles. The second-order valence-corrected chi connectivity index (χ2v) is 3.14. The fourth-order valence-corrected chi connectivity index (χ4v) is 1.17. The molecule has 0 heterocycles. The number of aliphatic hydroxyl groups is 2. The van der Waals surface area contributed by atoms with Crippen molar-refractivity contribution in [3.05, 3.63) is 29.3 Å². The zero-order valence-electron chi connectivity index (χ0n) is 7.82. The molecule has 6 heteroatoms. The molecule has 2 unspecified atom stereocenters. The zero-order valence-corrected chi connectivity index (χ0v) is 7.82. The Morgan fingerprint density at radius 1 is 1.20 bits per heavy atom. The number of hydrogen-bond acceptors (Lipinski definition) is 4. The summed E-state index contributed by atoms with van der Waals surface area (Å²) in [5.41, 5.74) is 10.3. The van der Waals surface area contributed by atoms with Crippen molar-refractivity contribution in [1.82, 2.24) is 0 Å². The molecule has 0 aliphatic carbocycles. The quantitative estimate of drug-likeness (QED) is 0.533. The molecule has 4 nitrogen and oxygen atoms in total. The first-order chi connectivity index (χ1) is 6.97. The van der Waals surface area contributed by atoms with Crippen LogP contribution in [0.25, 0.3) is 0 Å². The second-order valence-electron chi connectivity index (χ2n) is 3.14. The lowest BCUT2D eigenvalue weighted by atomic mass is 10.0. The molecule has 0 amide bonds. The van der Waals surface area contributed by atoms with Gasteiger partial charge in [-0.2, -0.15) is 0 Å². The predicted molar refractivity (Wildman–Crippen MR) is 50.8 cm³/mol. The summed E-state index contributed by atoms with van der Waals surface area (Å²) in [6, 6.07) is 1.49.